The smallest absolute Gasteiger partial charge is 0.220 e. The maximum Gasteiger partial charge on any atom is 0.220 e. The lowest BCUT2D eigenvalue weighted by Gasteiger charge is -2.39. The average molecular weight is 325 g/mol. The molecule has 0 bridgehead atoms. The average Bonchev–Trinajstić information content (AvgIpc) is 3.12. The van der Waals surface area contributed by atoms with Crippen LogP contribution in [0.1, 0.15) is 42.3 Å². The molecule has 0 radical (unpaired) electrons. The molecule has 1 aromatic heterocycles. The number of rotatable bonds is 3. The predicted octanol–water partition coefficient (Wildman–Crippen LogP) is 2.62. The fourth-order valence-corrected chi connectivity index (χ4v) is 4.29. The summed E-state index contributed by atoms with van der Waals surface area (Å²) in [5.41, 5.74) is 2.10. The minimum absolute atomic E-state index is 0.157. The van der Waals surface area contributed by atoms with Crippen LogP contribution in [-0.2, 0) is 11.3 Å². The van der Waals surface area contributed by atoms with E-state index in [0.29, 0.717) is 18.2 Å². The van der Waals surface area contributed by atoms with Crippen LogP contribution in [0.15, 0.2) is 41.0 Å². The minimum Gasteiger partial charge on any atom is -0.449 e. The summed E-state index contributed by atoms with van der Waals surface area (Å²) in [7, 11) is 0. The van der Waals surface area contributed by atoms with E-state index < -0.39 is 0 Å². The van der Waals surface area contributed by atoms with E-state index in [4.69, 9.17) is 4.42 Å². The minimum atomic E-state index is -0.157. The monoisotopic (exact) mass is 325 g/mol. The van der Waals surface area contributed by atoms with Crippen molar-refractivity contribution in [3.8, 4) is 0 Å². The first-order valence-electron chi connectivity index (χ1n) is 8.64. The van der Waals surface area contributed by atoms with Crippen LogP contribution < -0.4 is 5.32 Å². The maximum absolute atomic E-state index is 12.1. The Morgan fingerprint density at radius 3 is 2.92 bits per heavy atom. The highest BCUT2D eigenvalue weighted by atomic mass is 16.3. The van der Waals surface area contributed by atoms with Crippen LogP contribution in [0.3, 0.4) is 0 Å². The van der Waals surface area contributed by atoms with Gasteiger partial charge in [-0.3, -0.25) is 9.69 Å². The van der Waals surface area contributed by atoms with Gasteiger partial charge < -0.3 is 9.73 Å². The first kappa shape index (κ1) is 15.4. The van der Waals surface area contributed by atoms with Crippen molar-refractivity contribution >= 4 is 5.91 Å². The molecule has 1 N–H and O–H groups in total. The van der Waals surface area contributed by atoms with E-state index in [1.807, 2.05) is 13.0 Å². The predicted molar refractivity (Wildman–Crippen MR) is 90.4 cm³/mol. The van der Waals surface area contributed by atoms with Crippen LogP contribution in [0.5, 0.6) is 0 Å². The summed E-state index contributed by atoms with van der Waals surface area (Å²) in [4.78, 5) is 18.9. The molecule has 3 heterocycles. The van der Waals surface area contributed by atoms with Gasteiger partial charge in [-0.25, -0.2) is 4.98 Å². The fourth-order valence-electron chi connectivity index (χ4n) is 4.29. The van der Waals surface area contributed by atoms with Gasteiger partial charge in [0.05, 0.1) is 11.2 Å². The Hall–Kier alpha value is -2.14. The van der Waals surface area contributed by atoms with Crippen molar-refractivity contribution in [1.82, 2.24) is 15.2 Å². The third-order valence-electron chi connectivity index (χ3n) is 5.28. The summed E-state index contributed by atoms with van der Waals surface area (Å²) < 4.78 is 5.33. The van der Waals surface area contributed by atoms with Gasteiger partial charge in [0.25, 0.3) is 0 Å². The van der Waals surface area contributed by atoms with Gasteiger partial charge >= 0.3 is 0 Å². The zero-order chi connectivity index (χ0) is 16.6. The first-order valence-corrected chi connectivity index (χ1v) is 8.64. The Morgan fingerprint density at radius 1 is 1.38 bits per heavy atom. The standard InChI is InChI=1S/C19H23N3O2/c1-14-20-16(12-24-14)10-22-11-17(15-6-3-2-4-7-15)19(13-22)9-5-8-18(23)21-19/h2-4,6-7,12,17H,5,8-11,13H2,1H3,(H,21,23)/t17-,19+/m0/s1. The molecule has 0 unspecified atom stereocenters. The third kappa shape index (κ3) is 2.84. The molecule has 0 aliphatic carbocycles. The van der Waals surface area contributed by atoms with Gasteiger partial charge in [-0.15, -0.1) is 0 Å². The summed E-state index contributed by atoms with van der Waals surface area (Å²) in [6.45, 7) is 4.42. The number of nitrogens with one attached hydrogen (secondary N) is 1. The molecule has 2 fully saturated rings. The molecule has 2 aliphatic rings. The van der Waals surface area contributed by atoms with Gasteiger partial charge in [-0.1, -0.05) is 30.3 Å². The van der Waals surface area contributed by atoms with Crippen molar-refractivity contribution in [2.45, 2.75) is 44.2 Å². The Labute approximate surface area is 142 Å². The lowest BCUT2D eigenvalue weighted by atomic mass is 9.76. The van der Waals surface area contributed by atoms with E-state index in [9.17, 15) is 4.79 Å². The Kier molecular flexibility index (Phi) is 3.88. The van der Waals surface area contributed by atoms with Crippen molar-refractivity contribution in [3.63, 3.8) is 0 Å². The second-order valence-corrected chi connectivity index (χ2v) is 7.05. The molecule has 2 aliphatic heterocycles. The van der Waals surface area contributed by atoms with Crippen molar-refractivity contribution in [3.05, 3.63) is 53.7 Å². The third-order valence-corrected chi connectivity index (χ3v) is 5.28. The normalized spacial score (nSPS) is 27.5. The Morgan fingerprint density at radius 2 is 2.21 bits per heavy atom. The van der Waals surface area contributed by atoms with Crippen LogP contribution in [-0.4, -0.2) is 34.4 Å². The molecule has 1 aromatic carbocycles. The summed E-state index contributed by atoms with van der Waals surface area (Å²) in [6.07, 6.45) is 4.38. The molecule has 1 spiro atoms. The number of benzene rings is 1. The Balaban J connectivity index is 1.61. The second kappa shape index (κ2) is 6.06. The topological polar surface area (TPSA) is 58.4 Å². The molecule has 5 nitrogen and oxygen atoms in total. The van der Waals surface area contributed by atoms with Crippen molar-refractivity contribution in [2.75, 3.05) is 13.1 Å². The molecule has 2 atom stereocenters. The number of piperidine rings is 1. The molecule has 2 aromatic rings. The van der Waals surface area contributed by atoms with Crippen LogP contribution in [0.2, 0.25) is 0 Å². The number of oxazole rings is 1. The number of hydrogen-bond acceptors (Lipinski definition) is 4. The molecular formula is C19H23N3O2. The second-order valence-electron chi connectivity index (χ2n) is 7.05. The van der Waals surface area contributed by atoms with Gasteiger partial charge in [0.15, 0.2) is 5.89 Å². The van der Waals surface area contributed by atoms with Crippen LogP contribution >= 0.6 is 0 Å². The molecule has 4 rings (SSSR count). The van der Waals surface area contributed by atoms with E-state index in [1.54, 1.807) is 6.26 Å². The van der Waals surface area contributed by atoms with Gasteiger partial charge in [-0.2, -0.15) is 0 Å². The van der Waals surface area contributed by atoms with E-state index in [2.05, 4.69) is 39.5 Å². The van der Waals surface area contributed by atoms with E-state index in [0.717, 1.165) is 38.2 Å². The molecule has 126 valence electrons. The maximum atomic E-state index is 12.1. The summed E-state index contributed by atoms with van der Waals surface area (Å²) >= 11 is 0. The number of hydrogen-bond donors (Lipinski definition) is 1. The van der Waals surface area contributed by atoms with Gasteiger partial charge in [-0.05, 0) is 18.4 Å². The largest absolute Gasteiger partial charge is 0.449 e. The molecular weight excluding hydrogens is 302 g/mol. The quantitative estimate of drug-likeness (QED) is 0.942. The van der Waals surface area contributed by atoms with Crippen molar-refractivity contribution in [1.29, 1.82) is 0 Å². The zero-order valence-electron chi connectivity index (χ0n) is 14.0. The molecule has 0 saturated carbocycles. The molecule has 5 heteroatoms. The highest BCUT2D eigenvalue weighted by Gasteiger charge is 2.49. The van der Waals surface area contributed by atoms with E-state index in [-0.39, 0.29) is 11.4 Å². The van der Waals surface area contributed by atoms with Crippen molar-refractivity contribution in [2.24, 2.45) is 0 Å². The highest BCUT2D eigenvalue weighted by molar-refractivity contribution is 5.78. The SMILES string of the molecule is Cc1nc(CN2C[C@@H](c3ccccc3)[C@@]3(CCCC(=O)N3)C2)co1. The van der Waals surface area contributed by atoms with Crippen LogP contribution in [0.4, 0.5) is 0 Å². The zero-order valence-corrected chi connectivity index (χ0v) is 14.0. The number of aryl methyl sites for hydroxylation is 1. The van der Waals surface area contributed by atoms with Crippen LogP contribution in [0, 0.1) is 6.92 Å². The lowest BCUT2D eigenvalue weighted by Crippen LogP contribution is -2.56. The van der Waals surface area contributed by atoms with E-state index >= 15 is 0 Å². The molecule has 1 amide bonds. The van der Waals surface area contributed by atoms with Gasteiger partial charge in [0.2, 0.25) is 5.91 Å². The summed E-state index contributed by atoms with van der Waals surface area (Å²) in [5, 5.41) is 3.34. The number of amides is 1. The van der Waals surface area contributed by atoms with Crippen molar-refractivity contribution < 1.29 is 9.21 Å². The number of carbonyl (C=O) groups excluding carboxylic acids is 1. The number of carbonyl (C=O) groups is 1. The first-order chi connectivity index (χ1) is 11.6. The van der Waals surface area contributed by atoms with Crippen LogP contribution in [0.25, 0.3) is 0 Å². The fraction of sp³-hybridized carbons (Fsp3) is 0.474. The summed E-state index contributed by atoms with van der Waals surface area (Å²) in [5.74, 6) is 1.20. The lowest BCUT2D eigenvalue weighted by molar-refractivity contribution is -0.125. The van der Waals surface area contributed by atoms with Gasteiger partial charge in [0, 0.05) is 38.9 Å². The number of aromatic nitrogens is 1. The van der Waals surface area contributed by atoms with E-state index in [1.165, 1.54) is 5.56 Å². The highest BCUT2D eigenvalue weighted by Crippen LogP contribution is 2.41. The Bertz CT molecular complexity index is 727. The number of likely N-dealkylation sites (tertiary alicyclic amines) is 1. The summed E-state index contributed by atoms with van der Waals surface area (Å²) in [6, 6.07) is 10.6. The van der Waals surface area contributed by atoms with Gasteiger partial charge in [0.1, 0.15) is 6.26 Å². The number of nitrogens with zero attached hydrogens (tertiary/aromatic N) is 2. The molecule has 2 saturated heterocycles. The molecule has 24 heavy (non-hydrogen) atoms.